The Morgan fingerprint density at radius 3 is 2.23 bits per heavy atom. The number of benzene rings is 1. The molecule has 0 spiro atoms. The summed E-state index contributed by atoms with van der Waals surface area (Å²) in [5, 5.41) is 21.6. The van der Waals surface area contributed by atoms with Crippen LogP contribution in [0.3, 0.4) is 0 Å². The molecule has 0 saturated heterocycles. The van der Waals surface area contributed by atoms with Gasteiger partial charge in [-0.1, -0.05) is 6.07 Å². The van der Waals surface area contributed by atoms with Gasteiger partial charge in [-0.25, -0.2) is 0 Å². The third kappa shape index (κ3) is 9.69. The molecule has 0 aliphatic heterocycles. The van der Waals surface area contributed by atoms with Crippen molar-refractivity contribution >= 4 is 11.7 Å². The van der Waals surface area contributed by atoms with Gasteiger partial charge >= 0.3 is 5.97 Å². The van der Waals surface area contributed by atoms with Crippen LogP contribution in [0.4, 0.5) is 5.69 Å². The number of nitrogens with one attached hydrogen (secondary N) is 1. The van der Waals surface area contributed by atoms with E-state index in [2.05, 4.69) is 10.1 Å². The molecule has 0 radical (unpaired) electrons. The Morgan fingerprint density at radius 2 is 1.62 bits per heavy atom. The molecule has 0 fully saturated rings. The van der Waals surface area contributed by atoms with Gasteiger partial charge in [0.1, 0.15) is 0 Å². The van der Waals surface area contributed by atoms with Crippen LogP contribution in [-0.2, 0) is 37.0 Å². The van der Waals surface area contributed by atoms with E-state index in [1.54, 1.807) is 6.07 Å². The second kappa shape index (κ2) is 14.5. The Hall–Kier alpha value is -1.71. The first-order valence-corrected chi connectivity index (χ1v) is 8.58. The largest absolute Gasteiger partial charge is 0.469 e. The van der Waals surface area contributed by atoms with Crippen LogP contribution < -0.4 is 5.32 Å². The molecule has 3 N–H and O–H groups in total. The summed E-state index contributed by atoms with van der Waals surface area (Å²) in [6.45, 7) is 3.10. The highest BCUT2D eigenvalue weighted by molar-refractivity contribution is 5.69. The molecule has 1 rings (SSSR count). The number of carbonyl (C=O) groups excluding carboxylic acids is 1. The summed E-state index contributed by atoms with van der Waals surface area (Å²) in [6, 6.07) is 5.41. The van der Waals surface area contributed by atoms with Crippen LogP contribution in [0.15, 0.2) is 18.2 Å². The van der Waals surface area contributed by atoms with Gasteiger partial charge in [0.05, 0.1) is 66.4 Å². The van der Waals surface area contributed by atoms with Gasteiger partial charge in [0.15, 0.2) is 0 Å². The van der Waals surface area contributed by atoms with E-state index in [0.29, 0.717) is 46.2 Å². The molecule has 0 heterocycles. The summed E-state index contributed by atoms with van der Waals surface area (Å²) in [6.07, 6.45) is 0.243. The summed E-state index contributed by atoms with van der Waals surface area (Å²) in [5.74, 6) is -0.289. The van der Waals surface area contributed by atoms with Gasteiger partial charge in [-0.3, -0.25) is 4.79 Å². The number of aliphatic hydroxyl groups excluding tert-OH is 2. The molecular formula is C18H29NO7. The van der Waals surface area contributed by atoms with Gasteiger partial charge in [0.2, 0.25) is 0 Å². The third-order valence-electron chi connectivity index (χ3n) is 3.51. The van der Waals surface area contributed by atoms with E-state index in [9.17, 15) is 9.90 Å². The van der Waals surface area contributed by atoms with Crippen molar-refractivity contribution < 1.29 is 34.0 Å². The molecule has 0 saturated carbocycles. The van der Waals surface area contributed by atoms with E-state index < -0.39 is 0 Å². The van der Waals surface area contributed by atoms with Crippen molar-refractivity contribution in [2.45, 2.75) is 19.6 Å². The minimum Gasteiger partial charge on any atom is -0.469 e. The number of aliphatic hydroxyl groups is 2. The molecule has 26 heavy (non-hydrogen) atoms. The lowest BCUT2D eigenvalue weighted by atomic mass is 10.1. The van der Waals surface area contributed by atoms with Crippen molar-refractivity contribution in [2.24, 2.45) is 0 Å². The molecule has 8 heteroatoms. The fraction of sp³-hybridized carbons (Fsp3) is 0.611. The topological polar surface area (TPSA) is 106 Å². The van der Waals surface area contributed by atoms with Gasteiger partial charge in [-0.2, -0.15) is 0 Å². The molecule has 0 amide bonds. The third-order valence-corrected chi connectivity index (χ3v) is 3.51. The maximum absolute atomic E-state index is 10.8. The van der Waals surface area contributed by atoms with Crippen molar-refractivity contribution in [1.82, 2.24) is 0 Å². The molecule has 8 nitrogen and oxygen atoms in total. The number of anilines is 1. The number of hydrogen-bond donors (Lipinski definition) is 3. The fourth-order valence-corrected chi connectivity index (χ4v) is 2.11. The van der Waals surface area contributed by atoms with E-state index >= 15 is 0 Å². The average molecular weight is 371 g/mol. The SMILES string of the molecule is COC(=O)CCOCCOCCOCCNc1ccc(CO)cc1CO. The predicted octanol–water partition coefficient (Wildman–Crippen LogP) is 0.696. The zero-order valence-electron chi connectivity index (χ0n) is 15.2. The Morgan fingerprint density at radius 1 is 0.962 bits per heavy atom. The molecule has 1 aromatic carbocycles. The predicted molar refractivity (Wildman–Crippen MR) is 95.9 cm³/mol. The fourth-order valence-electron chi connectivity index (χ4n) is 2.11. The lowest BCUT2D eigenvalue weighted by Crippen LogP contribution is -2.15. The van der Waals surface area contributed by atoms with Crippen molar-refractivity contribution in [2.75, 3.05) is 58.6 Å². The number of esters is 1. The van der Waals surface area contributed by atoms with Crippen LogP contribution in [0.1, 0.15) is 17.5 Å². The number of hydrogen-bond acceptors (Lipinski definition) is 8. The number of methoxy groups -OCH3 is 1. The second-order valence-corrected chi connectivity index (χ2v) is 5.40. The highest BCUT2D eigenvalue weighted by Gasteiger charge is 2.03. The zero-order chi connectivity index (χ0) is 19.0. The molecule has 1 aromatic rings. The van der Waals surface area contributed by atoms with Gasteiger partial charge in [-0.05, 0) is 17.7 Å². The van der Waals surface area contributed by atoms with Gasteiger partial charge in [0, 0.05) is 17.8 Å². The molecule has 148 valence electrons. The number of carbonyl (C=O) groups is 1. The smallest absolute Gasteiger partial charge is 0.307 e. The first-order valence-electron chi connectivity index (χ1n) is 8.58. The molecule has 0 atom stereocenters. The first-order chi connectivity index (χ1) is 12.7. The van der Waals surface area contributed by atoms with Gasteiger partial charge in [0.25, 0.3) is 0 Å². The van der Waals surface area contributed by atoms with Crippen molar-refractivity contribution in [3.05, 3.63) is 29.3 Å². The van der Waals surface area contributed by atoms with Crippen LogP contribution >= 0.6 is 0 Å². The van der Waals surface area contributed by atoms with Crippen molar-refractivity contribution in [3.63, 3.8) is 0 Å². The molecule has 0 aliphatic rings. The molecule has 0 aliphatic carbocycles. The van der Waals surface area contributed by atoms with Crippen molar-refractivity contribution in [1.29, 1.82) is 0 Å². The van der Waals surface area contributed by atoms with Crippen LogP contribution in [0.5, 0.6) is 0 Å². The van der Waals surface area contributed by atoms with E-state index in [1.807, 2.05) is 12.1 Å². The maximum Gasteiger partial charge on any atom is 0.307 e. The molecule has 0 unspecified atom stereocenters. The van der Waals surface area contributed by atoms with E-state index in [4.69, 9.17) is 19.3 Å². The zero-order valence-corrected chi connectivity index (χ0v) is 15.2. The lowest BCUT2D eigenvalue weighted by Gasteiger charge is -2.12. The lowest BCUT2D eigenvalue weighted by molar-refractivity contribution is -0.141. The van der Waals surface area contributed by atoms with Crippen LogP contribution in [0, 0.1) is 0 Å². The summed E-state index contributed by atoms with van der Waals surface area (Å²) in [4.78, 5) is 10.8. The monoisotopic (exact) mass is 371 g/mol. The summed E-state index contributed by atoms with van der Waals surface area (Å²) in [5.41, 5.74) is 2.34. The maximum atomic E-state index is 10.8. The van der Waals surface area contributed by atoms with Crippen LogP contribution in [-0.4, -0.2) is 69.5 Å². The van der Waals surface area contributed by atoms with Gasteiger partial charge < -0.3 is 34.5 Å². The quantitative estimate of drug-likeness (QED) is 0.306. The number of rotatable bonds is 15. The molecule has 0 bridgehead atoms. The molecular weight excluding hydrogens is 342 g/mol. The standard InChI is InChI=1S/C18H29NO7/c1-23-18(22)4-6-24-8-10-26-11-9-25-7-5-19-17-3-2-15(13-20)12-16(17)14-21/h2-3,12,19-21H,4-11,13-14H2,1H3. The van der Waals surface area contributed by atoms with Crippen LogP contribution in [0.25, 0.3) is 0 Å². The summed E-state index contributed by atoms with van der Waals surface area (Å²) < 4.78 is 20.5. The highest BCUT2D eigenvalue weighted by atomic mass is 16.5. The Balaban J connectivity index is 1.97. The Labute approximate surface area is 154 Å². The second-order valence-electron chi connectivity index (χ2n) is 5.40. The van der Waals surface area contributed by atoms with Gasteiger partial charge in [-0.15, -0.1) is 0 Å². The van der Waals surface area contributed by atoms with E-state index in [0.717, 1.165) is 16.8 Å². The summed E-state index contributed by atoms with van der Waals surface area (Å²) in [7, 11) is 1.35. The van der Waals surface area contributed by atoms with E-state index in [1.165, 1.54) is 7.11 Å². The van der Waals surface area contributed by atoms with E-state index in [-0.39, 0.29) is 25.6 Å². The normalized spacial score (nSPS) is 10.7. The van der Waals surface area contributed by atoms with Crippen LogP contribution in [0.2, 0.25) is 0 Å². The Bertz CT molecular complexity index is 510. The Kier molecular flexibility index (Phi) is 12.4. The highest BCUT2D eigenvalue weighted by Crippen LogP contribution is 2.17. The van der Waals surface area contributed by atoms with Crippen molar-refractivity contribution in [3.8, 4) is 0 Å². The minimum absolute atomic E-state index is 0.0489. The number of ether oxygens (including phenoxy) is 4. The minimum atomic E-state index is -0.289. The summed E-state index contributed by atoms with van der Waals surface area (Å²) >= 11 is 0. The molecule has 0 aromatic heterocycles. The first kappa shape index (κ1) is 22.3. The average Bonchev–Trinajstić information content (AvgIpc) is 2.68.